The molecule has 0 saturated heterocycles. The average Bonchev–Trinajstić information content (AvgIpc) is 2.34. The monoisotopic (exact) mass is 270 g/mol. The molecule has 0 bridgehead atoms. The molecule has 1 rings (SSSR count). The molecule has 104 valence electrons. The molecule has 0 spiro atoms. The van der Waals surface area contributed by atoms with E-state index in [1.165, 1.54) is 6.07 Å². The lowest BCUT2D eigenvalue weighted by molar-refractivity contribution is -0.115. The fraction of sp³-hybridized carbons (Fsp3) is 0.333. The Morgan fingerprint density at radius 1 is 1.42 bits per heavy atom. The van der Waals surface area contributed by atoms with Crippen molar-refractivity contribution in [1.29, 1.82) is 0 Å². The van der Waals surface area contributed by atoms with Gasteiger partial charge >= 0.3 is 5.97 Å². The summed E-state index contributed by atoms with van der Waals surface area (Å²) >= 11 is 0. The number of amides is 1. The Hall–Kier alpha value is -1.99. The highest BCUT2D eigenvalue weighted by Crippen LogP contribution is 2.14. The zero-order chi connectivity index (χ0) is 14.3. The number of benzene rings is 1. The number of hydrogen-bond acceptors (Lipinski definition) is 4. The van der Waals surface area contributed by atoms with E-state index in [2.05, 4.69) is 10.6 Å². The summed E-state index contributed by atoms with van der Waals surface area (Å²) in [6.07, 6.45) is 0. The minimum atomic E-state index is -1.35. The molecule has 0 saturated carbocycles. The second kappa shape index (κ2) is 7.45. The Bertz CT molecular complexity index is 465. The van der Waals surface area contributed by atoms with Gasteiger partial charge in [0.15, 0.2) is 0 Å². The lowest BCUT2D eigenvalue weighted by atomic mass is 10.2. The molecule has 3 N–H and O–H groups in total. The van der Waals surface area contributed by atoms with Gasteiger partial charge < -0.3 is 20.5 Å². The summed E-state index contributed by atoms with van der Waals surface area (Å²) in [5, 5.41) is 13.9. The molecule has 1 aromatic rings. The number of carboxylic acids is 1. The van der Waals surface area contributed by atoms with Gasteiger partial charge in [-0.3, -0.25) is 4.79 Å². The number of halogens is 1. The van der Waals surface area contributed by atoms with Gasteiger partial charge in [-0.1, -0.05) is 0 Å². The Morgan fingerprint density at radius 3 is 2.74 bits per heavy atom. The number of hydrogen-bond donors (Lipinski definition) is 3. The van der Waals surface area contributed by atoms with Gasteiger partial charge in [0, 0.05) is 19.3 Å². The number of anilines is 1. The van der Waals surface area contributed by atoms with Gasteiger partial charge in [0.05, 0.1) is 18.7 Å². The van der Waals surface area contributed by atoms with Crippen molar-refractivity contribution in [3.05, 3.63) is 29.6 Å². The predicted molar refractivity (Wildman–Crippen MR) is 66.7 cm³/mol. The fourth-order valence-corrected chi connectivity index (χ4v) is 1.35. The van der Waals surface area contributed by atoms with Crippen LogP contribution in [0.15, 0.2) is 18.2 Å². The van der Waals surface area contributed by atoms with Crippen LogP contribution in [0.3, 0.4) is 0 Å². The lowest BCUT2D eigenvalue weighted by Crippen LogP contribution is -2.30. The predicted octanol–water partition coefficient (Wildman–Crippen LogP) is 0.698. The molecule has 19 heavy (non-hydrogen) atoms. The first kappa shape index (κ1) is 15.1. The Labute approximate surface area is 109 Å². The summed E-state index contributed by atoms with van der Waals surface area (Å²) in [5.74, 6) is -2.59. The van der Waals surface area contributed by atoms with E-state index < -0.39 is 17.3 Å². The molecule has 0 radical (unpaired) electrons. The van der Waals surface area contributed by atoms with Crippen molar-refractivity contribution in [3.63, 3.8) is 0 Å². The summed E-state index contributed by atoms with van der Waals surface area (Å²) in [5.41, 5.74) is -0.225. The van der Waals surface area contributed by atoms with Crippen LogP contribution in [0.5, 0.6) is 0 Å². The van der Waals surface area contributed by atoms with Gasteiger partial charge in [-0.15, -0.1) is 0 Å². The van der Waals surface area contributed by atoms with Crippen LogP contribution in [0, 0.1) is 5.82 Å². The summed E-state index contributed by atoms with van der Waals surface area (Å²) in [6.45, 7) is 1.07. The molecular formula is C12H15FN2O4. The first-order valence-electron chi connectivity index (χ1n) is 5.57. The molecule has 0 heterocycles. The first-order valence-corrected chi connectivity index (χ1v) is 5.57. The van der Waals surface area contributed by atoms with Crippen LogP contribution < -0.4 is 10.6 Å². The van der Waals surface area contributed by atoms with E-state index >= 15 is 0 Å². The number of rotatable bonds is 7. The van der Waals surface area contributed by atoms with Crippen molar-refractivity contribution in [2.75, 3.05) is 32.1 Å². The van der Waals surface area contributed by atoms with E-state index in [0.29, 0.717) is 13.2 Å². The molecule has 1 amide bonds. The maximum Gasteiger partial charge on any atom is 0.338 e. The van der Waals surface area contributed by atoms with E-state index in [0.717, 1.165) is 12.1 Å². The molecule has 7 heteroatoms. The van der Waals surface area contributed by atoms with Crippen molar-refractivity contribution in [2.24, 2.45) is 0 Å². The fourth-order valence-electron chi connectivity index (χ4n) is 1.35. The third-order valence-electron chi connectivity index (χ3n) is 2.25. The van der Waals surface area contributed by atoms with Crippen LogP contribution >= 0.6 is 0 Å². The molecule has 0 aliphatic heterocycles. The molecular weight excluding hydrogens is 255 g/mol. The highest BCUT2D eigenvalue weighted by molar-refractivity contribution is 5.93. The minimum absolute atomic E-state index is 0.0612. The van der Waals surface area contributed by atoms with Crippen LogP contribution in [-0.4, -0.2) is 43.8 Å². The van der Waals surface area contributed by atoms with Gasteiger partial charge in [-0.2, -0.15) is 0 Å². The molecule has 6 nitrogen and oxygen atoms in total. The third-order valence-corrected chi connectivity index (χ3v) is 2.25. The van der Waals surface area contributed by atoms with Crippen LogP contribution in [0.1, 0.15) is 10.4 Å². The number of carboxylic acid groups (broad SMARTS) is 1. The van der Waals surface area contributed by atoms with Crippen LogP contribution in [0.2, 0.25) is 0 Å². The number of carbonyl (C=O) groups is 2. The number of nitrogens with one attached hydrogen (secondary N) is 2. The third kappa shape index (κ3) is 5.02. The normalized spacial score (nSPS) is 10.2. The van der Waals surface area contributed by atoms with E-state index in [1.807, 2.05) is 0 Å². The minimum Gasteiger partial charge on any atom is -0.478 e. The first-order chi connectivity index (χ1) is 9.04. The molecule has 0 aromatic heterocycles. The van der Waals surface area contributed by atoms with Gasteiger partial charge in [0.2, 0.25) is 5.91 Å². The Kier molecular flexibility index (Phi) is 5.91. The summed E-state index contributed by atoms with van der Waals surface area (Å²) in [7, 11) is 1.55. The summed E-state index contributed by atoms with van der Waals surface area (Å²) in [6, 6.07) is 3.40. The smallest absolute Gasteiger partial charge is 0.338 e. The number of methoxy groups -OCH3 is 1. The number of aromatic carboxylic acids is 1. The van der Waals surface area contributed by atoms with Crippen molar-refractivity contribution in [3.8, 4) is 0 Å². The van der Waals surface area contributed by atoms with E-state index in [9.17, 15) is 14.0 Å². The maximum absolute atomic E-state index is 13.3. The topological polar surface area (TPSA) is 87.7 Å². The second-order valence-corrected chi connectivity index (χ2v) is 3.72. The zero-order valence-electron chi connectivity index (χ0n) is 10.4. The molecule has 0 fully saturated rings. The Balaban J connectivity index is 2.51. The Morgan fingerprint density at radius 2 is 2.16 bits per heavy atom. The molecule has 0 aliphatic rings. The molecule has 0 atom stereocenters. The van der Waals surface area contributed by atoms with Crippen molar-refractivity contribution >= 4 is 17.6 Å². The highest BCUT2D eigenvalue weighted by Gasteiger charge is 2.11. The van der Waals surface area contributed by atoms with Crippen LogP contribution in [0.25, 0.3) is 0 Å². The molecule has 0 unspecified atom stereocenters. The average molecular weight is 270 g/mol. The second-order valence-electron chi connectivity index (χ2n) is 3.72. The maximum atomic E-state index is 13.3. The van der Waals surface area contributed by atoms with Gasteiger partial charge in [0.25, 0.3) is 0 Å². The van der Waals surface area contributed by atoms with Crippen LogP contribution in [0.4, 0.5) is 10.1 Å². The largest absolute Gasteiger partial charge is 0.478 e. The number of ether oxygens (including phenoxy) is 1. The number of carbonyl (C=O) groups excluding carboxylic acids is 1. The van der Waals surface area contributed by atoms with Crippen molar-refractivity contribution < 1.29 is 23.8 Å². The van der Waals surface area contributed by atoms with E-state index in [-0.39, 0.29) is 18.1 Å². The van der Waals surface area contributed by atoms with E-state index in [1.54, 1.807) is 7.11 Å². The lowest BCUT2D eigenvalue weighted by Gasteiger charge is -2.07. The highest BCUT2D eigenvalue weighted by atomic mass is 19.1. The van der Waals surface area contributed by atoms with E-state index in [4.69, 9.17) is 9.84 Å². The standard InChI is InChI=1S/C12H15FN2O4/c1-19-5-4-14-7-11(16)15-8-2-3-9(12(17)18)10(13)6-8/h2-3,6,14H,4-5,7H2,1H3,(H,15,16)(H,17,18). The quantitative estimate of drug-likeness (QED) is 0.635. The van der Waals surface area contributed by atoms with Gasteiger partial charge in [-0.05, 0) is 18.2 Å². The zero-order valence-corrected chi connectivity index (χ0v) is 10.4. The summed E-state index contributed by atoms with van der Waals surface area (Å²) in [4.78, 5) is 22.1. The van der Waals surface area contributed by atoms with Crippen LogP contribution in [-0.2, 0) is 9.53 Å². The van der Waals surface area contributed by atoms with Crippen molar-refractivity contribution in [2.45, 2.75) is 0 Å². The van der Waals surface area contributed by atoms with Gasteiger partial charge in [0.1, 0.15) is 5.82 Å². The SMILES string of the molecule is COCCNCC(=O)Nc1ccc(C(=O)O)c(F)c1. The van der Waals surface area contributed by atoms with Gasteiger partial charge in [-0.25, -0.2) is 9.18 Å². The van der Waals surface area contributed by atoms with Crippen molar-refractivity contribution in [1.82, 2.24) is 5.32 Å². The summed E-state index contributed by atoms with van der Waals surface area (Å²) < 4.78 is 18.1. The molecule has 0 aliphatic carbocycles. The molecule has 1 aromatic carbocycles.